The molecule has 4 aromatic rings. The normalized spacial score (nSPS) is 11.8. The lowest BCUT2D eigenvalue weighted by atomic mass is 10.1. The molecule has 0 saturated carbocycles. The van der Waals surface area contributed by atoms with E-state index in [1.807, 2.05) is 18.3 Å². The van der Waals surface area contributed by atoms with Gasteiger partial charge >= 0.3 is 0 Å². The van der Waals surface area contributed by atoms with E-state index >= 15 is 0 Å². The quantitative estimate of drug-likeness (QED) is 0.413. The Hall–Kier alpha value is -2.96. The molecular formula is C24H30N6. The number of rotatable bonds is 9. The van der Waals surface area contributed by atoms with Crippen LogP contribution in [0.3, 0.4) is 0 Å². The monoisotopic (exact) mass is 402 g/mol. The largest absolute Gasteiger partial charge is 0.369 e. The third-order valence-corrected chi connectivity index (χ3v) is 5.25. The summed E-state index contributed by atoms with van der Waals surface area (Å²) in [5.41, 5.74) is 3.47. The fourth-order valence-corrected chi connectivity index (χ4v) is 3.80. The van der Waals surface area contributed by atoms with Crippen molar-refractivity contribution in [2.45, 2.75) is 19.5 Å². The lowest BCUT2D eigenvalue weighted by Gasteiger charge is -2.18. The molecule has 0 atom stereocenters. The van der Waals surface area contributed by atoms with Gasteiger partial charge in [0.25, 0.3) is 0 Å². The first-order chi connectivity index (χ1) is 14.6. The standard InChI is InChI=1S/C24H30N6/c1-29(2)15-7-13-26-24-20-10-4-5-11-21(20)27-22(28-24)17-30(3)16-19-9-6-8-18-12-14-25-23(18)19/h4-6,8-12,14,25H,7,13,15-17H2,1-3H3,(H,26,27,28). The fourth-order valence-electron chi connectivity index (χ4n) is 3.80. The molecule has 0 aliphatic heterocycles. The number of nitrogens with zero attached hydrogens (tertiary/aromatic N) is 4. The van der Waals surface area contributed by atoms with Crippen LogP contribution in [0, 0.1) is 0 Å². The highest BCUT2D eigenvalue weighted by molar-refractivity contribution is 5.89. The van der Waals surface area contributed by atoms with Crippen LogP contribution in [0.1, 0.15) is 17.8 Å². The smallest absolute Gasteiger partial charge is 0.145 e. The summed E-state index contributed by atoms with van der Waals surface area (Å²) >= 11 is 0. The van der Waals surface area contributed by atoms with Gasteiger partial charge in [-0.05, 0) is 63.3 Å². The summed E-state index contributed by atoms with van der Waals surface area (Å²) in [6, 6.07) is 16.8. The first-order valence-electron chi connectivity index (χ1n) is 10.5. The zero-order valence-corrected chi connectivity index (χ0v) is 18.0. The van der Waals surface area contributed by atoms with Crippen molar-refractivity contribution in [2.75, 3.05) is 39.5 Å². The molecule has 6 heteroatoms. The van der Waals surface area contributed by atoms with Gasteiger partial charge in [-0.1, -0.05) is 30.3 Å². The first kappa shape index (κ1) is 20.3. The molecule has 6 nitrogen and oxygen atoms in total. The van der Waals surface area contributed by atoms with Crippen LogP contribution in [0.4, 0.5) is 5.82 Å². The molecule has 0 aliphatic rings. The minimum atomic E-state index is 0.689. The van der Waals surface area contributed by atoms with Crippen molar-refractivity contribution < 1.29 is 0 Å². The van der Waals surface area contributed by atoms with E-state index in [4.69, 9.17) is 9.97 Å². The van der Waals surface area contributed by atoms with Crippen molar-refractivity contribution in [1.29, 1.82) is 0 Å². The molecule has 2 heterocycles. The van der Waals surface area contributed by atoms with E-state index in [-0.39, 0.29) is 0 Å². The van der Waals surface area contributed by atoms with Gasteiger partial charge in [0, 0.05) is 30.2 Å². The average molecular weight is 403 g/mol. The highest BCUT2D eigenvalue weighted by atomic mass is 15.1. The molecule has 30 heavy (non-hydrogen) atoms. The molecule has 0 fully saturated rings. The van der Waals surface area contributed by atoms with E-state index in [0.29, 0.717) is 6.54 Å². The Kier molecular flexibility index (Phi) is 6.26. The molecule has 2 aromatic heterocycles. The number of anilines is 1. The summed E-state index contributed by atoms with van der Waals surface area (Å²) in [6.07, 6.45) is 3.07. The maximum absolute atomic E-state index is 4.87. The summed E-state index contributed by atoms with van der Waals surface area (Å²) in [6.45, 7) is 3.47. The number of aromatic nitrogens is 3. The van der Waals surface area contributed by atoms with E-state index in [9.17, 15) is 0 Å². The Morgan fingerprint density at radius 2 is 1.80 bits per heavy atom. The van der Waals surface area contributed by atoms with Gasteiger partial charge in [0.05, 0.1) is 12.1 Å². The van der Waals surface area contributed by atoms with Crippen molar-refractivity contribution in [1.82, 2.24) is 24.8 Å². The zero-order chi connectivity index (χ0) is 20.9. The van der Waals surface area contributed by atoms with Crippen LogP contribution in [0.5, 0.6) is 0 Å². The molecule has 2 aromatic carbocycles. The number of H-pyrrole nitrogens is 1. The summed E-state index contributed by atoms with van der Waals surface area (Å²) < 4.78 is 0. The second kappa shape index (κ2) is 9.24. The Morgan fingerprint density at radius 3 is 2.67 bits per heavy atom. The number of para-hydroxylation sites is 2. The first-order valence-corrected chi connectivity index (χ1v) is 10.5. The van der Waals surface area contributed by atoms with E-state index in [2.05, 4.69) is 77.6 Å². The molecule has 0 radical (unpaired) electrons. The number of fused-ring (bicyclic) bond motifs is 2. The number of hydrogen-bond donors (Lipinski definition) is 2. The highest BCUT2D eigenvalue weighted by Crippen LogP contribution is 2.22. The highest BCUT2D eigenvalue weighted by Gasteiger charge is 2.11. The maximum atomic E-state index is 4.87. The summed E-state index contributed by atoms with van der Waals surface area (Å²) in [5.74, 6) is 1.76. The van der Waals surface area contributed by atoms with Crippen molar-refractivity contribution >= 4 is 27.6 Å². The van der Waals surface area contributed by atoms with E-state index < -0.39 is 0 Å². The lowest BCUT2D eigenvalue weighted by Crippen LogP contribution is -2.20. The van der Waals surface area contributed by atoms with Crippen LogP contribution in [0.25, 0.3) is 21.8 Å². The third kappa shape index (κ3) is 4.78. The molecular weight excluding hydrogens is 372 g/mol. The Morgan fingerprint density at radius 1 is 0.933 bits per heavy atom. The SMILES string of the molecule is CN(C)CCCNc1nc(CN(C)Cc2cccc3cc[nH]c23)nc2ccccc12. The van der Waals surface area contributed by atoms with Gasteiger partial charge < -0.3 is 15.2 Å². The van der Waals surface area contributed by atoms with Gasteiger partial charge in [-0.3, -0.25) is 4.90 Å². The lowest BCUT2D eigenvalue weighted by molar-refractivity contribution is 0.312. The van der Waals surface area contributed by atoms with Crippen molar-refractivity contribution in [3.8, 4) is 0 Å². The number of benzene rings is 2. The minimum Gasteiger partial charge on any atom is -0.369 e. The molecule has 0 unspecified atom stereocenters. The van der Waals surface area contributed by atoms with Crippen molar-refractivity contribution in [3.05, 3.63) is 66.1 Å². The minimum absolute atomic E-state index is 0.689. The van der Waals surface area contributed by atoms with Gasteiger partial charge in [0.15, 0.2) is 0 Å². The van der Waals surface area contributed by atoms with E-state index in [1.165, 1.54) is 16.5 Å². The van der Waals surface area contributed by atoms with Gasteiger partial charge in [0.1, 0.15) is 11.6 Å². The van der Waals surface area contributed by atoms with Crippen LogP contribution in [-0.2, 0) is 13.1 Å². The third-order valence-electron chi connectivity index (χ3n) is 5.25. The number of aromatic amines is 1. The predicted molar refractivity (Wildman–Crippen MR) is 125 cm³/mol. The van der Waals surface area contributed by atoms with Crippen LogP contribution in [0.15, 0.2) is 54.7 Å². The average Bonchev–Trinajstić information content (AvgIpc) is 3.21. The van der Waals surface area contributed by atoms with E-state index in [0.717, 1.165) is 48.6 Å². The fraction of sp³-hybridized carbons (Fsp3) is 0.333. The van der Waals surface area contributed by atoms with Crippen LogP contribution >= 0.6 is 0 Å². The second-order valence-electron chi connectivity index (χ2n) is 8.12. The molecule has 0 aliphatic carbocycles. The summed E-state index contributed by atoms with van der Waals surface area (Å²) in [7, 11) is 6.31. The van der Waals surface area contributed by atoms with Gasteiger partial charge in [0.2, 0.25) is 0 Å². The van der Waals surface area contributed by atoms with Crippen molar-refractivity contribution in [3.63, 3.8) is 0 Å². The number of hydrogen-bond acceptors (Lipinski definition) is 5. The molecule has 0 spiro atoms. The van der Waals surface area contributed by atoms with Crippen LogP contribution in [-0.4, -0.2) is 59.0 Å². The van der Waals surface area contributed by atoms with Gasteiger partial charge in [-0.2, -0.15) is 0 Å². The van der Waals surface area contributed by atoms with E-state index in [1.54, 1.807) is 0 Å². The van der Waals surface area contributed by atoms with Gasteiger partial charge in [-0.15, -0.1) is 0 Å². The second-order valence-corrected chi connectivity index (χ2v) is 8.12. The number of nitrogens with one attached hydrogen (secondary N) is 2. The Bertz CT molecular complexity index is 1120. The summed E-state index contributed by atoms with van der Waals surface area (Å²) in [4.78, 5) is 17.5. The van der Waals surface area contributed by atoms with Crippen LogP contribution in [0.2, 0.25) is 0 Å². The topological polar surface area (TPSA) is 60.1 Å². The molecule has 156 valence electrons. The summed E-state index contributed by atoms with van der Waals surface area (Å²) in [5, 5.41) is 5.84. The predicted octanol–water partition coefficient (Wildman–Crippen LogP) is 4.11. The Labute approximate surface area is 177 Å². The molecule has 2 N–H and O–H groups in total. The molecule has 0 saturated heterocycles. The zero-order valence-electron chi connectivity index (χ0n) is 18.0. The molecule has 0 bridgehead atoms. The maximum Gasteiger partial charge on any atom is 0.145 e. The molecule has 0 amide bonds. The van der Waals surface area contributed by atoms with Crippen LogP contribution < -0.4 is 5.32 Å². The van der Waals surface area contributed by atoms with Gasteiger partial charge in [-0.25, -0.2) is 9.97 Å². The molecule has 4 rings (SSSR count). The van der Waals surface area contributed by atoms with Crippen molar-refractivity contribution in [2.24, 2.45) is 0 Å². The Balaban J connectivity index is 1.51.